The average molecular weight is 234 g/mol. The molecule has 0 aliphatic heterocycles. The lowest BCUT2D eigenvalue weighted by molar-refractivity contribution is 0.492. The SMILES string of the molecule is CC(C)[C@H](N)c1nc(-c2ccccc2F)n[nH]1. The van der Waals surface area contributed by atoms with Gasteiger partial charge in [-0.1, -0.05) is 26.0 Å². The molecule has 4 nitrogen and oxygen atoms in total. The van der Waals surface area contributed by atoms with Gasteiger partial charge in [0.05, 0.1) is 11.6 Å². The molecule has 0 fully saturated rings. The van der Waals surface area contributed by atoms with Crippen LogP contribution in [0.2, 0.25) is 0 Å². The van der Waals surface area contributed by atoms with Crippen LogP contribution in [0.4, 0.5) is 4.39 Å². The van der Waals surface area contributed by atoms with Crippen LogP contribution in [0.5, 0.6) is 0 Å². The number of aromatic nitrogens is 3. The van der Waals surface area contributed by atoms with E-state index in [1.165, 1.54) is 6.07 Å². The maximum Gasteiger partial charge on any atom is 0.184 e. The van der Waals surface area contributed by atoms with E-state index in [-0.39, 0.29) is 17.8 Å². The van der Waals surface area contributed by atoms with E-state index >= 15 is 0 Å². The lowest BCUT2D eigenvalue weighted by Crippen LogP contribution is -2.18. The van der Waals surface area contributed by atoms with Crippen LogP contribution in [0.15, 0.2) is 24.3 Å². The van der Waals surface area contributed by atoms with Crippen LogP contribution in [0, 0.1) is 11.7 Å². The van der Waals surface area contributed by atoms with E-state index in [0.717, 1.165) is 0 Å². The summed E-state index contributed by atoms with van der Waals surface area (Å²) in [5.41, 5.74) is 6.32. The molecule has 1 atom stereocenters. The molecule has 0 spiro atoms. The van der Waals surface area contributed by atoms with Crippen molar-refractivity contribution < 1.29 is 4.39 Å². The van der Waals surface area contributed by atoms with Crippen molar-refractivity contribution in [2.75, 3.05) is 0 Å². The van der Waals surface area contributed by atoms with Gasteiger partial charge in [0, 0.05) is 0 Å². The Balaban J connectivity index is 2.34. The summed E-state index contributed by atoms with van der Waals surface area (Å²) < 4.78 is 13.5. The summed E-state index contributed by atoms with van der Waals surface area (Å²) in [7, 11) is 0. The maximum atomic E-state index is 13.5. The monoisotopic (exact) mass is 234 g/mol. The number of hydrogen-bond acceptors (Lipinski definition) is 3. The van der Waals surface area contributed by atoms with Gasteiger partial charge in [-0.05, 0) is 18.1 Å². The second-order valence-corrected chi connectivity index (χ2v) is 4.29. The Bertz CT molecular complexity index is 507. The predicted octanol–water partition coefficient (Wildman–Crippen LogP) is 2.27. The van der Waals surface area contributed by atoms with Crippen LogP contribution < -0.4 is 5.73 Å². The summed E-state index contributed by atoms with van der Waals surface area (Å²) in [5, 5.41) is 6.75. The first-order valence-corrected chi connectivity index (χ1v) is 5.52. The van der Waals surface area contributed by atoms with Crippen LogP contribution in [0.25, 0.3) is 11.4 Å². The molecule has 2 aromatic rings. The molecule has 0 radical (unpaired) electrons. The molecule has 1 heterocycles. The molecule has 0 amide bonds. The number of nitrogens with two attached hydrogens (primary N) is 1. The van der Waals surface area contributed by atoms with Crippen LogP contribution in [0.1, 0.15) is 25.7 Å². The number of H-pyrrole nitrogens is 1. The van der Waals surface area contributed by atoms with Crippen LogP contribution >= 0.6 is 0 Å². The van der Waals surface area contributed by atoms with E-state index in [1.54, 1.807) is 18.2 Å². The molecule has 0 aliphatic carbocycles. The molecule has 0 aliphatic rings. The number of halogens is 1. The highest BCUT2D eigenvalue weighted by atomic mass is 19.1. The lowest BCUT2D eigenvalue weighted by Gasteiger charge is -2.11. The van der Waals surface area contributed by atoms with Gasteiger partial charge in [0.2, 0.25) is 0 Å². The predicted molar refractivity (Wildman–Crippen MR) is 63.5 cm³/mol. The van der Waals surface area contributed by atoms with E-state index in [1.807, 2.05) is 13.8 Å². The smallest absolute Gasteiger partial charge is 0.184 e. The standard InChI is InChI=1S/C12H15FN4/c1-7(2)10(14)12-15-11(16-17-12)8-5-3-4-6-9(8)13/h3-7,10H,14H2,1-2H3,(H,15,16,17)/t10-/m0/s1. The topological polar surface area (TPSA) is 67.6 Å². The normalized spacial score (nSPS) is 13.0. The number of nitrogens with zero attached hydrogens (tertiary/aromatic N) is 2. The Morgan fingerprint density at radius 2 is 2.00 bits per heavy atom. The maximum absolute atomic E-state index is 13.5. The van der Waals surface area contributed by atoms with Crippen molar-refractivity contribution in [2.45, 2.75) is 19.9 Å². The minimum atomic E-state index is -0.337. The molecular formula is C12H15FN4. The highest BCUT2D eigenvalue weighted by Gasteiger charge is 2.16. The van der Waals surface area contributed by atoms with Gasteiger partial charge < -0.3 is 5.73 Å². The van der Waals surface area contributed by atoms with E-state index < -0.39 is 0 Å². The molecule has 0 unspecified atom stereocenters. The molecule has 3 N–H and O–H groups in total. The number of aromatic amines is 1. The molecule has 2 rings (SSSR count). The van der Waals surface area contributed by atoms with Crippen molar-refractivity contribution in [1.29, 1.82) is 0 Å². The zero-order chi connectivity index (χ0) is 12.4. The van der Waals surface area contributed by atoms with Gasteiger partial charge in [-0.3, -0.25) is 5.10 Å². The number of benzene rings is 1. The van der Waals surface area contributed by atoms with Crippen molar-refractivity contribution >= 4 is 0 Å². The third kappa shape index (κ3) is 2.34. The Labute approximate surface area is 99.1 Å². The fourth-order valence-corrected chi connectivity index (χ4v) is 1.50. The Morgan fingerprint density at radius 1 is 1.29 bits per heavy atom. The Hall–Kier alpha value is -1.75. The van der Waals surface area contributed by atoms with E-state index in [0.29, 0.717) is 17.2 Å². The molecule has 0 saturated carbocycles. The van der Waals surface area contributed by atoms with Gasteiger partial charge in [-0.15, -0.1) is 0 Å². The molecule has 1 aromatic heterocycles. The van der Waals surface area contributed by atoms with E-state index in [9.17, 15) is 4.39 Å². The van der Waals surface area contributed by atoms with Crippen LogP contribution in [0.3, 0.4) is 0 Å². The largest absolute Gasteiger partial charge is 0.321 e. The summed E-state index contributed by atoms with van der Waals surface area (Å²) in [4.78, 5) is 4.23. The highest BCUT2D eigenvalue weighted by Crippen LogP contribution is 2.21. The third-order valence-electron chi connectivity index (χ3n) is 2.65. The van der Waals surface area contributed by atoms with Crippen molar-refractivity contribution in [3.8, 4) is 11.4 Å². The Morgan fingerprint density at radius 3 is 2.65 bits per heavy atom. The summed E-state index contributed by atoms with van der Waals surface area (Å²) >= 11 is 0. The van der Waals surface area contributed by atoms with Crippen LogP contribution in [-0.2, 0) is 0 Å². The first-order chi connectivity index (χ1) is 8.09. The van der Waals surface area contributed by atoms with Gasteiger partial charge in [0.1, 0.15) is 11.6 Å². The van der Waals surface area contributed by atoms with Crippen molar-refractivity contribution in [3.05, 3.63) is 35.9 Å². The quantitative estimate of drug-likeness (QED) is 0.856. The number of hydrogen-bond donors (Lipinski definition) is 2. The van der Waals surface area contributed by atoms with Gasteiger partial charge >= 0.3 is 0 Å². The van der Waals surface area contributed by atoms with E-state index in [4.69, 9.17) is 5.73 Å². The van der Waals surface area contributed by atoms with Gasteiger partial charge in [0.25, 0.3) is 0 Å². The lowest BCUT2D eigenvalue weighted by atomic mass is 10.1. The minimum absolute atomic E-state index is 0.219. The van der Waals surface area contributed by atoms with Crippen LogP contribution in [-0.4, -0.2) is 15.2 Å². The second kappa shape index (κ2) is 4.63. The summed E-state index contributed by atoms with van der Waals surface area (Å²) in [6.07, 6.45) is 0. The molecule has 0 saturated heterocycles. The van der Waals surface area contributed by atoms with Gasteiger partial charge in [0.15, 0.2) is 5.82 Å². The van der Waals surface area contributed by atoms with E-state index in [2.05, 4.69) is 15.2 Å². The minimum Gasteiger partial charge on any atom is -0.321 e. The second-order valence-electron chi connectivity index (χ2n) is 4.29. The Kier molecular flexibility index (Phi) is 3.19. The molecular weight excluding hydrogens is 219 g/mol. The first kappa shape index (κ1) is 11.7. The molecule has 1 aromatic carbocycles. The molecule has 90 valence electrons. The van der Waals surface area contributed by atoms with Gasteiger partial charge in [-0.2, -0.15) is 5.10 Å². The first-order valence-electron chi connectivity index (χ1n) is 5.52. The molecule has 5 heteroatoms. The summed E-state index contributed by atoms with van der Waals surface area (Å²) in [5.74, 6) is 0.833. The molecule has 17 heavy (non-hydrogen) atoms. The summed E-state index contributed by atoms with van der Waals surface area (Å²) in [6, 6.07) is 6.18. The fraction of sp³-hybridized carbons (Fsp3) is 0.333. The number of nitrogens with one attached hydrogen (secondary N) is 1. The highest BCUT2D eigenvalue weighted by molar-refractivity contribution is 5.55. The molecule has 0 bridgehead atoms. The third-order valence-corrected chi connectivity index (χ3v) is 2.65. The zero-order valence-electron chi connectivity index (χ0n) is 9.81. The van der Waals surface area contributed by atoms with Crippen molar-refractivity contribution in [3.63, 3.8) is 0 Å². The zero-order valence-corrected chi connectivity index (χ0v) is 9.81. The number of rotatable bonds is 3. The van der Waals surface area contributed by atoms with Gasteiger partial charge in [-0.25, -0.2) is 9.37 Å². The van der Waals surface area contributed by atoms with Crippen molar-refractivity contribution in [2.24, 2.45) is 11.7 Å². The summed E-state index contributed by atoms with van der Waals surface area (Å²) in [6.45, 7) is 3.99. The average Bonchev–Trinajstić information content (AvgIpc) is 2.77. The fourth-order valence-electron chi connectivity index (χ4n) is 1.50. The van der Waals surface area contributed by atoms with Crippen molar-refractivity contribution in [1.82, 2.24) is 15.2 Å².